The number of aliphatic hydroxyl groups is 3. The van der Waals surface area contributed by atoms with Crippen molar-refractivity contribution in [1.82, 2.24) is 0 Å². The quantitative estimate of drug-likeness (QED) is 0.0691. The van der Waals surface area contributed by atoms with Crippen molar-refractivity contribution in [3.05, 3.63) is 73.3 Å². The van der Waals surface area contributed by atoms with Crippen LogP contribution < -0.4 is 10.4 Å². The van der Waals surface area contributed by atoms with Crippen LogP contribution >= 0.6 is 0 Å². The fraction of sp³-hybridized carbons (Fsp3) is 0.682. The van der Waals surface area contributed by atoms with E-state index >= 15 is 0 Å². The molecule has 10 nitrogen and oxygen atoms in total. The van der Waals surface area contributed by atoms with Gasteiger partial charge in [-0.15, -0.1) is 6.58 Å². The normalized spacial score (nSPS) is 28.4. The topological polar surface area (TPSA) is 125 Å². The van der Waals surface area contributed by atoms with Crippen molar-refractivity contribution in [1.29, 1.82) is 0 Å². The molecule has 2 aliphatic heterocycles. The Morgan fingerprint density at radius 3 is 2.07 bits per heavy atom. The van der Waals surface area contributed by atoms with Crippen molar-refractivity contribution in [3.63, 3.8) is 0 Å². The first-order chi connectivity index (χ1) is 26.0. The van der Waals surface area contributed by atoms with Crippen molar-refractivity contribution in [2.75, 3.05) is 40.8 Å². The van der Waals surface area contributed by atoms with Gasteiger partial charge in [0.05, 0.1) is 49.8 Å². The third-order valence-electron chi connectivity index (χ3n) is 12.4. The predicted molar refractivity (Wildman–Crippen MR) is 218 cm³/mol. The van der Waals surface area contributed by atoms with Crippen LogP contribution in [0.1, 0.15) is 74.7 Å². The Balaban J connectivity index is 1.64. The Kier molecular flexibility index (Phi) is 16.3. The molecule has 2 heterocycles. The fourth-order valence-corrected chi connectivity index (χ4v) is 13.2. The summed E-state index contributed by atoms with van der Waals surface area (Å²) in [6, 6.07) is 21.1. The highest BCUT2D eigenvalue weighted by atomic mass is 28.4. The smallest absolute Gasteiger partial charge is 0.261 e. The zero-order chi connectivity index (χ0) is 40.6. The lowest BCUT2D eigenvalue weighted by Gasteiger charge is -2.50. The molecular formula is C44H70O10Si. The molecule has 0 unspecified atom stereocenters. The van der Waals surface area contributed by atoms with Crippen LogP contribution in [-0.2, 0) is 32.8 Å². The van der Waals surface area contributed by atoms with E-state index in [1.54, 1.807) is 20.3 Å². The lowest BCUT2D eigenvalue weighted by atomic mass is 9.72. The predicted octanol–water partition coefficient (Wildman–Crippen LogP) is 5.45. The molecule has 310 valence electrons. The average molecular weight is 787 g/mol. The van der Waals surface area contributed by atoms with Crippen molar-refractivity contribution in [3.8, 4) is 0 Å². The fourth-order valence-electron chi connectivity index (χ4n) is 8.63. The molecule has 0 aliphatic carbocycles. The third-order valence-corrected chi connectivity index (χ3v) is 17.5. The molecule has 0 bridgehead atoms. The highest BCUT2D eigenvalue weighted by molar-refractivity contribution is 6.99. The zero-order valence-electron chi connectivity index (χ0n) is 35.0. The minimum Gasteiger partial charge on any atom is -0.407 e. The Hall–Kier alpha value is -2.00. The van der Waals surface area contributed by atoms with Gasteiger partial charge in [0.1, 0.15) is 12.9 Å². The number of ether oxygens (including phenoxy) is 6. The highest BCUT2D eigenvalue weighted by Gasteiger charge is 2.67. The molecule has 55 heavy (non-hydrogen) atoms. The van der Waals surface area contributed by atoms with Gasteiger partial charge in [-0.2, -0.15) is 0 Å². The number of benzene rings is 2. The average Bonchev–Trinajstić information content (AvgIpc) is 3.37. The Labute approximate surface area is 331 Å². The van der Waals surface area contributed by atoms with Gasteiger partial charge in [-0.25, -0.2) is 0 Å². The van der Waals surface area contributed by atoms with Crippen LogP contribution in [0.4, 0.5) is 0 Å². The molecular weight excluding hydrogens is 717 g/mol. The second-order valence-electron chi connectivity index (χ2n) is 17.3. The second kappa shape index (κ2) is 19.6. The van der Waals surface area contributed by atoms with E-state index in [1.807, 2.05) is 46.8 Å². The molecule has 0 saturated carbocycles. The van der Waals surface area contributed by atoms with E-state index < -0.39 is 68.2 Å². The summed E-state index contributed by atoms with van der Waals surface area (Å²) in [6.45, 7) is 21.5. The van der Waals surface area contributed by atoms with Gasteiger partial charge in [0.25, 0.3) is 8.32 Å². The standard InChI is InChI=1S/C44H70O10Si/c1-12-30(2)39(47)32(4)35(45)27-38(49-11)40-41(51-29-50-26-25-48-10)43(8,9)44(54-40)28-36(46)31(3)37(53-44)23-24-52-55(42(5,6)7,33-19-15-13-16-20-33)34-21-17-14-18-22-34/h12-22,30-32,35-41,45-47H,1,23-29H2,2-11H3/t30-,31-,32-,35-,36+,37-,38-,39-,40+,41-,44+/m0/s1. The van der Waals surface area contributed by atoms with Crippen LogP contribution in [0.15, 0.2) is 73.3 Å². The molecule has 2 aromatic rings. The maximum atomic E-state index is 11.8. The highest BCUT2D eigenvalue weighted by Crippen LogP contribution is 2.56. The number of aliphatic hydroxyl groups excluding tert-OH is 3. The van der Waals surface area contributed by atoms with Gasteiger partial charge in [-0.3, -0.25) is 0 Å². The molecule has 11 atom stereocenters. The van der Waals surface area contributed by atoms with E-state index in [-0.39, 0.29) is 36.5 Å². The van der Waals surface area contributed by atoms with Gasteiger partial charge in [-0.05, 0) is 21.8 Å². The zero-order valence-corrected chi connectivity index (χ0v) is 36.0. The van der Waals surface area contributed by atoms with Gasteiger partial charge in [-0.1, -0.05) is 122 Å². The molecule has 2 fully saturated rings. The summed E-state index contributed by atoms with van der Waals surface area (Å²) in [7, 11) is 0.393. The van der Waals surface area contributed by atoms with Crippen LogP contribution in [0.2, 0.25) is 5.04 Å². The number of hydrogen-bond donors (Lipinski definition) is 3. The molecule has 0 aromatic heterocycles. The van der Waals surface area contributed by atoms with E-state index in [0.717, 1.165) is 0 Å². The summed E-state index contributed by atoms with van der Waals surface area (Å²) in [5.41, 5.74) is -0.801. The molecule has 2 aromatic carbocycles. The number of methoxy groups -OCH3 is 2. The van der Waals surface area contributed by atoms with Gasteiger partial charge in [0.15, 0.2) is 5.79 Å². The van der Waals surface area contributed by atoms with Gasteiger partial charge < -0.3 is 48.2 Å². The molecule has 0 amide bonds. The number of hydrogen-bond acceptors (Lipinski definition) is 10. The van der Waals surface area contributed by atoms with E-state index in [0.29, 0.717) is 26.2 Å². The van der Waals surface area contributed by atoms with Crippen molar-refractivity contribution in [2.24, 2.45) is 23.2 Å². The summed E-state index contributed by atoms with van der Waals surface area (Å²) in [4.78, 5) is 0. The van der Waals surface area contributed by atoms with E-state index in [2.05, 4.69) is 75.9 Å². The first-order valence-corrected chi connectivity index (χ1v) is 21.9. The monoisotopic (exact) mass is 786 g/mol. The molecule has 11 heteroatoms. The van der Waals surface area contributed by atoms with Crippen molar-refractivity contribution >= 4 is 18.7 Å². The van der Waals surface area contributed by atoms with Crippen LogP contribution in [0, 0.1) is 23.2 Å². The minimum absolute atomic E-state index is 0.0208. The molecule has 4 rings (SSSR count). The van der Waals surface area contributed by atoms with E-state index in [4.69, 9.17) is 32.8 Å². The molecule has 0 radical (unpaired) electrons. The molecule has 2 saturated heterocycles. The van der Waals surface area contributed by atoms with Gasteiger partial charge >= 0.3 is 0 Å². The lowest BCUT2D eigenvalue weighted by Crippen LogP contribution is -2.66. The van der Waals surface area contributed by atoms with E-state index in [9.17, 15) is 15.3 Å². The second-order valence-corrected chi connectivity index (χ2v) is 21.6. The van der Waals surface area contributed by atoms with Crippen LogP contribution in [0.25, 0.3) is 0 Å². The van der Waals surface area contributed by atoms with Gasteiger partial charge in [0, 0.05) is 56.8 Å². The summed E-state index contributed by atoms with van der Waals surface area (Å²) in [5, 5.41) is 36.3. The summed E-state index contributed by atoms with van der Waals surface area (Å²) in [6.07, 6.45) is -2.15. The summed E-state index contributed by atoms with van der Waals surface area (Å²) >= 11 is 0. The maximum Gasteiger partial charge on any atom is 0.261 e. The SMILES string of the molecule is C=C[C@H](C)[C@H](O)[C@@H](C)[C@@H](O)C[C@H](OC)[C@H]1O[C@]2(C[C@@H](O)[C@H](C)[C@H](CCO[Si](c3ccccc3)(c3ccccc3)C(C)(C)C)O2)C(C)(C)[C@H]1OCOCCOC. The first kappa shape index (κ1) is 45.7. The van der Waals surface area contributed by atoms with Gasteiger partial charge in [0.2, 0.25) is 0 Å². The Morgan fingerprint density at radius 1 is 0.945 bits per heavy atom. The lowest BCUT2D eigenvalue weighted by molar-refractivity contribution is -0.336. The van der Waals surface area contributed by atoms with Crippen molar-refractivity contribution in [2.45, 2.75) is 128 Å². The molecule has 2 aliphatic rings. The van der Waals surface area contributed by atoms with Crippen LogP contribution in [0.3, 0.4) is 0 Å². The Bertz CT molecular complexity index is 1400. The molecule has 3 N–H and O–H groups in total. The first-order valence-electron chi connectivity index (χ1n) is 20.0. The maximum absolute atomic E-state index is 11.8. The summed E-state index contributed by atoms with van der Waals surface area (Å²) < 4.78 is 44.9. The largest absolute Gasteiger partial charge is 0.407 e. The minimum atomic E-state index is -2.81. The van der Waals surface area contributed by atoms with Crippen LogP contribution in [-0.4, -0.2) is 113 Å². The Morgan fingerprint density at radius 2 is 1.55 bits per heavy atom. The molecule has 1 spiro atoms. The van der Waals surface area contributed by atoms with Crippen molar-refractivity contribution < 1.29 is 48.2 Å². The van der Waals surface area contributed by atoms with Crippen LogP contribution in [0.5, 0.6) is 0 Å². The number of rotatable bonds is 20. The third kappa shape index (κ3) is 9.83. The summed E-state index contributed by atoms with van der Waals surface area (Å²) in [5.74, 6) is -2.11. The van der Waals surface area contributed by atoms with E-state index in [1.165, 1.54) is 10.4 Å².